The Morgan fingerprint density at radius 1 is 1.04 bits per heavy atom. The van der Waals surface area contributed by atoms with Crippen molar-refractivity contribution in [2.24, 2.45) is 0 Å². The van der Waals surface area contributed by atoms with Crippen molar-refractivity contribution in [3.8, 4) is 11.5 Å². The summed E-state index contributed by atoms with van der Waals surface area (Å²) < 4.78 is 26.4. The highest BCUT2D eigenvalue weighted by atomic mass is 19.1. The molecule has 23 heavy (non-hydrogen) atoms. The van der Waals surface area contributed by atoms with E-state index in [1.54, 1.807) is 0 Å². The lowest BCUT2D eigenvalue weighted by atomic mass is 9.92. The third kappa shape index (κ3) is 2.69. The average molecular weight is 312 g/mol. The van der Waals surface area contributed by atoms with Crippen LogP contribution in [0.15, 0.2) is 36.4 Å². The largest absolute Gasteiger partial charge is 0.454 e. The van der Waals surface area contributed by atoms with E-state index < -0.39 is 0 Å². The molecule has 118 valence electrons. The summed E-state index contributed by atoms with van der Waals surface area (Å²) in [6.45, 7) is 1.31. The maximum absolute atomic E-state index is 13.0. The van der Waals surface area contributed by atoms with Crippen molar-refractivity contribution in [2.75, 3.05) is 20.4 Å². The molecule has 3 nitrogen and oxygen atoms in total. The molecule has 2 aliphatic rings. The van der Waals surface area contributed by atoms with Gasteiger partial charge in [-0.15, -0.1) is 0 Å². The molecule has 0 fully saturated rings. The number of aryl methyl sites for hydroxylation is 1. The normalized spacial score (nSPS) is 15.7. The van der Waals surface area contributed by atoms with Gasteiger partial charge in [0.2, 0.25) is 6.79 Å². The molecule has 0 aliphatic carbocycles. The van der Waals surface area contributed by atoms with Gasteiger partial charge in [0.05, 0.1) is 0 Å². The first-order chi connectivity index (χ1) is 11.2. The van der Waals surface area contributed by atoms with E-state index in [1.807, 2.05) is 12.1 Å². The minimum atomic E-state index is -0.186. The first kappa shape index (κ1) is 14.2. The Bertz CT molecular complexity index is 781. The summed E-state index contributed by atoms with van der Waals surface area (Å²) in [5, 5.41) is 0. The predicted molar refractivity (Wildman–Crippen MR) is 86.2 cm³/mol. The molecule has 0 unspecified atom stereocenters. The van der Waals surface area contributed by atoms with E-state index in [0.717, 1.165) is 42.9 Å². The standard InChI is InChI=1S/C19H19FNO2/c1-21-9-8-14-10-18-19(23-12-22-18)11-16(14)17(21)7-4-13-2-5-15(20)6-3-13/h2-3,5-6,10-11H,4,7-9,12H2,1H3/q+1. The van der Waals surface area contributed by atoms with Crippen molar-refractivity contribution in [2.45, 2.75) is 19.3 Å². The van der Waals surface area contributed by atoms with Gasteiger partial charge in [-0.3, -0.25) is 0 Å². The molecule has 2 heterocycles. The second kappa shape index (κ2) is 5.69. The van der Waals surface area contributed by atoms with Crippen LogP contribution in [0.25, 0.3) is 0 Å². The van der Waals surface area contributed by atoms with Gasteiger partial charge in [-0.1, -0.05) is 12.1 Å². The average Bonchev–Trinajstić information content (AvgIpc) is 3.01. The number of rotatable bonds is 3. The fraction of sp³-hybridized carbons (Fsp3) is 0.316. The molecular formula is C19H19FNO2+. The number of halogens is 1. The Labute approximate surface area is 135 Å². The SMILES string of the molecule is C[N+]1=C(CCc2ccc(F)cc2)c2cc3c(cc2CC1)OCO3. The fourth-order valence-electron chi connectivity index (χ4n) is 3.33. The van der Waals surface area contributed by atoms with E-state index in [-0.39, 0.29) is 5.82 Å². The number of hydrogen-bond donors (Lipinski definition) is 0. The summed E-state index contributed by atoms with van der Waals surface area (Å²) in [7, 11) is 2.13. The zero-order valence-corrected chi connectivity index (χ0v) is 13.1. The number of benzene rings is 2. The highest BCUT2D eigenvalue weighted by molar-refractivity contribution is 5.99. The summed E-state index contributed by atoms with van der Waals surface area (Å²) in [4.78, 5) is 0. The van der Waals surface area contributed by atoms with Crippen LogP contribution in [0, 0.1) is 5.82 Å². The van der Waals surface area contributed by atoms with E-state index in [4.69, 9.17) is 9.47 Å². The van der Waals surface area contributed by atoms with Crippen molar-refractivity contribution in [3.63, 3.8) is 0 Å². The molecule has 0 atom stereocenters. The van der Waals surface area contributed by atoms with Gasteiger partial charge in [0.25, 0.3) is 0 Å². The highest BCUT2D eigenvalue weighted by Gasteiger charge is 2.27. The lowest BCUT2D eigenvalue weighted by Crippen LogP contribution is -2.27. The molecule has 2 aliphatic heterocycles. The van der Waals surface area contributed by atoms with Crippen molar-refractivity contribution < 1.29 is 18.4 Å². The molecule has 0 aromatic heterocycles. The van der Waals surface area contributed by atoms with Crippen LogP contribution in [-0.2, 0) is 12.8 Å². The van der Waals surface area contributed by atoms with Crippen LogP contribution >= 0.6 is 0 Å². The monoisotopic (exact) mass is 312 g/mol. The molecule has 0 bridgehead atoms. The van der Waals surface area contributed by atoms with E-state index in [2.05, 4.69) is 23.8 Å². The van der Waals surface area contributed by atoms with Gasteiger partial charge in [-0.05, 0) is 41.8 Å². The Hall–Kier alpha value is -2.36. The minimum absolute atomic E-state index is 0.186. The van der Waals surface area contributed by atoms with Crippen molar-refractivity contribution >= 4 is 5.71 Å². The van der Waals surface area contributed by atoms with Crippen LogP contribution in [0.5, 0.6) is 11.5 Å². The summed E-state index contributed by atoms with van der Waals surface area (Å²) in [5.74, 6) is 1.50. The molecule has 0 spiro atoms. The third-order valence-electron chi connectivity index (χ3n) is 4.65. The first-order valence-corrected chi connectivity index (χ1v) is 7.95. The molecule has 4 rings (SSSR count). The van der Waals surface area contributed by atoms with Gasteiger partial charge in [-0.2, -0.15) is 0 Å². The Kier molecular flexibility index (Phi) is 3.52. The third-order valence-corrected chi connectivity index (χ3v) is 4.65. The minimum Gasteiger partial charge on any atom is -0.454 e. The van der Waals surface area contributed by atoms with Crippen molar-refractivity contribution in [1.82, 2.24) is 0 Å². The lowest BCUT2D eigenvalue weighted by Gasteiger charge is -2.17. The smallest absolute Gasteiger partial charge is 0.231 e. The Morgan fingerprint density at radius 2 is 1.78 bits per heavy atom. The summed E-state index contributed by atoms with van der Waals surface area (Å²) in [5.41, 5.74) is 5.04. The molecule has 0 saturated heterocycles. The first-order valence-electron chi connectivity index (χ1n) is 7.95. The maximum atomic E-state index is 13.0. The summed E-state index contributed by atoms with van der Waals surface area (Å²) in [6.07, 6.45) is 2.84. The zero-order chi connectivity index (χ0) is 15.8. The van der Waals surface area contributed by atoms with Crippen molar-refractivity contribution in [1.29, 1.82) is 0 Å². The zero-order valence-electron chi connectivity index (χ0n) is 13.1. The number of likely N-dealkylation sites (N-methyl/N-ethyl adjacent to an activating group) is 1. The second-order valence-electron chi connectivity index (χ2n) is 6.11. The molecular weight excluding hydrogens is 293 g/mol. The topological polar surface area (TPSA) is 21.5 Å². The Morgan fingerprint density at radius 3 is 2.57 bits per heavy atom. The molecule has 2 aromatic rings. The number of fused-ring (bicyclic) bond motifs is 2. The van der Waals surface area contributed by atoms with Crippen LogP contribution in [-0.4, -0.2) is 30.7 Å². The fourth-order valence-corrected chi connectivity index (χ4v) is 3.33. The number of ether oxygens (including phenoxy) is 2. The van der Waals surface area contributed by atoms with E-state index >= 15 is 0 Å². The van der Waals surface area contributed by atoms with Gasteiger partial charge >= 0.3 is 0 Å². The van der Waals surface area contributed by atoms with Gasteiger partial charge in [0, 0.05) is 18.4 Å². The predicted octanol–water partition coefficient (Wildman–Crippen LogP) is 3.17. The van der Waals surface area contributed by atoms with Gasteiger partial charge < -0.3 is 9.47 Å². The van der Waals surface area contributed by atoms with Gasteiger partial charge in [0.15, 0.2) is 17.2 Å². The van der Waals surface area contributed by atoms with E-state index in [9.17, 15) is 4.39 Å². The molecule has 0 N–H and O–H groups in total. The summed E-state index contributed by atoms with van der Waals surface area (Å²) >= 11 is 0. The van der Waals surface area contributed by atoms with Crippen LogP contribution in [0.3, 0.4) is 0 Å². The molecule has 4 heteroatoms. The molecule has 0 amide bonds. The lowest BCUT2D eigenvalue weighted by molar-refractivity contribution is -0.499. The second-order valence-corrected chi connectivity index (χ2v) is 6.11. The van der Waals surface area contributed by atoms with E-state index in [1.165, 1.54) is 29.0 Å². The molecule has 0 radical (unpaired) electrons. The van der Waals surface area contributed by atoms with Gasteiger partial charge in [0.1, 0.15) is 19.4 Å². The van der Waals surface area contributed by atoms with Gasteiger partial charge in [-0.25, -0.2) is 8.97 Å². The highest BCUT2D eigenvalue weighted by Crippen LogP contribution is 2.36. The summed E-state index contributed by atoms with van der Waals surface area (Å²) in [6, 6.07) is 11.0. The number of hydrogen-bond acceptors (Lipinski definition) is 2. The molecule has 0 saturated carbocycles. The van der Waals surface area contributed by atoms with Crippen molar-refractivity contribution in [3.05, 3.63) is 58.9 Å². The van der Waals surface area contributed by atoms with Crippen LogP contribution < -0.4 is 9.47 Å². The maximum Gasteiger partial charge on any atom is 0.231 e. The van der Waals surface area contributed by atoms with E-state index in [0.29, 0.717) is 6.79 Å². The van der Waals surface area contributed by atoms with Crippen LogP contribution in [0.4, 0.5) is 4.39 Å². The van der Waals surface area contributed by atoms with Crippen LogP contribution in [0.2, 0.25) is 0 Å². The van der Waals surface area contributed by atoms with Crippen LogP contribution in [0.1, 0.15) is 23.1 Å². The molecule has 2 aromatic carbocycles. The number of nitrogens with zero attached hydrogens (tertiary/aromatic N) is 1. The Balaban J connectivity index is 1.62. The quantitative estimate of drug-likeness (QED) is 0.812.